The van der Waals surface area contributed by atoms with Crippen LogP contribution in [0, 0.1) is 5.41 Å². The second-order valence-electron chi connectivity index (χ2n) is 6.51. The van der Waals surface area contributed by atoms with Crippen LogP contribution >= 0.6 is 0 Å². The minimum Gasteiger partial charge on any atom is -0.379 e. The fraction of sp³-hybridized carbons (Fsp3) is 1.00. The Morgan fingerprint density at radius 2 is 1.09 bits per heavy atom. The minimum atomic E-state index is 0.316. The van der Waals surface area contributed by atoms with E-state index in [4.69, 9.17) is 18.9 Å². The van der Waals surface area contributed by atoms with Crippen LogP contribution in [0.2, 0.25) is 0 Å². The van der Waals surface area contributed by atoms with E-state index in [1.807, 2.05) is 0 Å². The molecule has 1 atom stereocenters. The summed E-state index contributed by atoms with van der Waals surface area (Å²) in [5.74, 6) is 0. The van der Waals surface area contributed by atoms with Gasteiger partial charge in [0.2, 0.25) is 0 Å². The standard InChI is InChI=1S/C19H40O4/c1-5-8-10-19(4,7-3)18-23-17-16-22-15-14-21-13-12-20-11-9-6-2/h5-18H2,1-4H3. The van der Waals surface area contributed by atoms with Gasteiger partial charge < -0.3 is 18.9 Å². The van der Waals surface area contributed by atoms with Gasteiger partial charge in [-0.1, -0.05) is 47.0 Å². The molecule has 4 nitrogen and oxygen atoms in total. The van der Waals surface area contributed by atoms with Crippen LogP contribution in [0.1, 0.15) is 66.2 Å². The quantitative estimate of drug-likeness (QED) is 0.347. The fourth-order valence-corrected chi connectivity index (χ4v) is 2.18. The van der Waals surface area contributed by atoms with E-state index in [-0.39, 0.29) is 0 Å². The van der Waals surface area contributed by atoms with E-state index in [1.54, 1.807) is 0 Å². The van der Waals surface area contributed by atoms with E-state index >= 15 is 0 Å². The second kappa shape index (κ2) is 16.7. The summed E-state index contributed by atoms with van der Waals surface area (Å²) in [5, 5.41) is 0. The summed E-state index contributed by atoms with van der Waals surface area (Å²) in [6.07, 6.45) is 7.24. The van der Waals surface area contributed by atoms with E-state index in [1.165, 1.54) is 32.1 Å². The zero-order valence-corrected chi connectivity index (χ0v) is 16.0. The molecule has 4 heteroatoms. The molecule has 0 aliphatic heterocycles. The average Bonchev–Trinajstić information content (AvgIpc) is 2.57. The van der Waals surface area contributed by atoms with Crippen LogP contribution in [0.15, 0.2) is 0 Å². The lowest BCUT2D eigenvalue weighted by Gasteiger charge is -2.27. The molecule has 0 rings (SSSR count). The molecule has 0 aliphatic carbocycles. The molecule has 1 unspecified atom stereocenters. The molecule has 0 saturated heterocycles. The van der Waals surface area contributed by atoms with Gasteiger partial charge in [-0.25, -0.2) is 0 Å². The largest absolute Gasteiger partial charge is 0.379 e. The van der Waals surface area contributed by atoms with Crippen molar-refractivity contribution in [2.75, 3.05) is 52.9 Å². The SMILES string of the molecule is CCCCOCCOCCOCCOCC(C)(CC)CCCC. The highest BCUT2D eigenvalue weighted by Gasteiger charge is 2.21. The molecule has 0 aromatic heterocycles. The van der Waals surface area contributed by atoms with Gasteiger partial charge in [-0.3, -0.25) is 0 Å². The van der Waals surface area contributed by atoms with Crippen molar-refractivity contribution in [3.63, 3.8) is 0 Å². The van der Waals surface area contributed by atoms with Crippen molar-refractivity contribution in [2.24, 2.45) is 5.41 Å². The first-order valence-electron chi connectivity index (χ1n) is 9.49. The van der Waals surface area contributed by atoms with Crippen LogP contribution in [0.4, 0.5) is 0 Å². The number of ether oxygens (including phenoxy) is 4. The number of hydrogen-bond acceptors (Lipinski definition) is 4. The summed E-state index contributed by atoms with van der Waals surface area (Å²) in [7, 11) is 0. The Labute approximate surface area is 144 Å². The lowest BCUT2D eigenvalue weighted by molar-refractivity contribution is -0.0171. The van der Waals surface area contributed by atoms with E-state index in [2.05, 4.69) is 27.7 Å². The van der Waals surface area contributed by atoms with Crippen molar-refractivity contribution in [3.05, 3.63) is 0 Å². The maximum Gasteiger partial charge on any atom is 0.0701 e. The molecular formula is C19H40O4. The fourth-order valence-electron chi connectivity index (χ4n) is 2.18. The maximum atomic E-state index is 5.78. The van der Waals surface area contributed by atoms with Gasteiger partial charge in [0.15, 0.2) is 0 Å². The van der Waals surface area contributed by atoms with Crippen molar-refractivity contribution in [1.82, 2.24) is 0 Å². The van der Waals surface area contributed by atoms with Gasteiger partial charge in [0.05, 0.1) is 46.2 Å². The predicted molar refractivity (Wildman–Crippen MR) is 96.1 cm³/mol. The molecule has 0 heterocycles. The Balaban J connectivity index is 3.29. The van der Waals surface area contributed by atoms with E-state index in [0.717, 1.165) is 19.6 Å². The zero-order chi connectivity index (χ0) is 17.2. The normalized spacial score (nSPS) is 14.1. The van der Waals surface area contributed by atoms with Crippen LogP contribution in [0.3, 0.4) is 0 Å². The lowest BCUT2D eigenvalue weighted by atomic mass is 9.83. The summed E-state index contributed by atoms with van der Waals surface area (Å²) in [5.41, 5.74) is 0.316. The van der Waals surface area contributed by atoms with Crippen molar-refractivity contribution >= 4 is 0 Å². The molecule has 0 aliphatic rings. The molecule has 0 spiro atoms. The molecule has 0 fully saturated rings. The summed E-state index contributed by atoms with van der Waals surface area (Å²) in [6, 6.07) is 0. The van der Waals surface area contributed by atoms with Gasteiger partial charge in [0.1, 0.15) is 0 Å². The zero-order valence-electron chi connectivity index (χ0n) is 16.0. The molecule has 23 heavy (non-hydrogen) atoms. The Morgan fingerprint density at radius 1 is 0.609 bits per heavy atom. The second-order valence-corrected chi connectivity index (χ2v) is 6.51. The van der Waals surface area contributed by atoms with Crippen LogP contribution in [0.5, 0.6) is 0 Å². The topological polar surface area (TPSA) is 36.9 Å². The Hall–Kier alpha value is -0.160. The molecule has 0 aromatic rings. The van der Waals surface area contributed by atoms with E-state index in [0.29, 0.717) is 45.1 Å². The van der Waals surface area contributed by atoms with Crippen LogP contribution in [-0.2, 0) is 18.9 Å². The van der Waals surface area contributed by atoms with Crippen LogP contribution in [0.25, 0.3) is 0 Å². The summed E-state index contributed by atoms with van der Waals surface area (Å²) in [6.45, 7) is 14.5. The average molecular weight is 333 g/mol. The molecule has 140 valence electrons. The van der Waals surface area contributed by atoms with Crippen molar-refractivity contribution in [1.29, 1.82) is 0 Å². The first-order chi connectivity index (χ1) is 11.2. The molecule has 0 bridgehead atoms. The van der Waals surface area contributed by atoms with Crippen LogP contribution in [-0.4, -0.2) is 52.9 Å². The first-order valence-corrected chi connectivity index (χ1v) is 9.49. The van der Waals surface area contributed by atoms with Crippen molar-refractivity contribution in [3.8, 4) is 0 Å². The minimum absolute atomic E-state index is 0.316. The van der Waals surface area contributed by atoms with Gasteiger partial charge in [-0.15, -0.1) is 0 Å². The predicted octanol–water partition coefficient (Wildman–Crippen LogP) is 4.46. The van der Waals surface area contributed by atoms with E-state index < -0.39 is 0 Å². The molecule has 0 saturated carbocycles. The van der Waals surface area contributed by atoms with Crippen molar-refractivity contribution in [2.45, 2.75) is 66.2 Å². The molecule has 0 N–H and O–H groups in total. The van der Waals surface area contributed by atoms with Gasteiger partial charge >= 0.3 is 0 Å². The molecule has 0 radical (unpaired) electrons. The monoisotopic (exact) mass is 332 g/mol. The third kappa shape index (κ3) is 15.1. The highest BCUT2D eigenvalue weighted by Crippen LogP contribution is 2.28. The van der Waals surface area contributed by atoms with Crippen LogP contribution < -0.4 is 0 Å². The summed E-state index contributed by atoms with van der Waals surface area (Å²) in [4.78, 5) is 0. The summed E-state index contributed by atoms with van der Waals surface area (Å²) < 4.78 is 22.2. The number of unbranched alkanes of at least 4 members (excludes halogenated alkanes) is 2. The summed E-state index contributed by atoms with van der Waals surface area (Å²) >= 11 is 0. The van der Waals surface area contributed by atoms with Gasteiger partial charge in [-0.2, -0.15) is 0 Å². The van der Waals surface area contributed by atoms with Gasteiger partial charge in [0, 0.05) is 6.61 Å². The van der Waals surface area contributed by atoms with Gasteiger partial charge in [-0.05, 0) is 24.7 Å². The van der Waals surface area contributed by atoms with Crippen molar-refractivity contribution < 1.29 is 18.9 Å². The number of rotatable bonds is 18. The highest BCUT2D eigenvalue weighted by molar-refractivity contribution is 4.71. The first kappa shape index (κ1) is 22.8. The Morgan fingerprint density at radius 3 is 1.57 bits per heavy atom. The Kier molecular flexibility index (Phi) is 16.6. The molecular weight excluding hydrogens is 292 g/mol. The lowest BCUT2D eigenvalue weighted by Crippen LogP contribution is -2.24. The molecule has 0 aromatic carbocycles. The smallest absolute Gasteiger partial charge is 0.0701 e. The number of hydrogen-bond donors (Lipinski definition) is 0. The maximum absolute atomic E-state index is 5.78. The third-order valence-corrected chi connectivity index (χ3v) is 4.20. The third-order valence-electron chi connectivity index (χ3n) is 4.20. The van der Waals surface area contributed by atoms with Gasteiger partial charge in [0.25, 0.3) is 0 Å². The molecule has 0 amide bonds. The highest BCUT2D eigenvalue weighted by atomic mass is 16.6. The van der Waals surface area contributed by atoms with E-state index in [9.17, 15) is 0 Å². The Bertz CT molecular complexity index is 235.